The summed E-state index contributed by atoms with van der Waals surface area (Å²) in [7, 11) is -3.92. The number of hydrogen-bond donors (Lipinski definition) is 3. The van der Waals surface area contributed by atoms with E-state index in [9.17, 15) is 8.42 Å². The van der Waals surface area contributed by atoms with Gasteiger partial charge in [0.05, 0.1) is 12.4 Å². The summed E-state index contributed by atoms with van der Waals surface area (Å²) in [6.45, 7) is 5.86. The van der Waals surface area contributed by atoms with Crippen molar-refractivity contribution in [1.29, 1.82) is 0 Å². The van der Waals surface area contributed by atoms with Gasteiger partial charge in [0.2, 0.25) is 0 Å². The number of nitrogens with one attached hydrogen (secondary N) is 1. The second-order valence-corrected chi connectivity index (χ2v) is 3.54. The Bertz CT molecular complexity index is 164. The molecule has 0 rings (SSSR count). The van der Waals surface area contributed by atoms with E-state index in [1.807, 2.05) is 0 Å². The van der Waals surface area contributed by atoms with Gasteiger partial charge in [0.15, 0.2) is 0 Å². The van der Waals surface area contributed by atoms with Crippen molar-refractivity contribution in [3.8, 4) is 0 Å². The van der Waals surface area contributed by atoms with Gasteiger partial charge >= 0.3 is 0 Å². The van der Waals surface area contributed by atoms with Crippen LogP contribution in [0.25, 0.3) is 0 Å². The Balaban J connectivity index is 0. The van der Waals surface area contributed by atoms with E-state index in [4.69, 9.17) is 9.66 Å². The first-order chi connectivity index (χ1) is 5.47. The zero-order valence-electron chi connectivity index (χ0n) is 7.45. The van der Waals surface area contributed by atoms with Gasteiger partial charge in [-0.25, -0.2) is 0 Å². The SMILES string of the molecule is CCNCC.O=S(=O)(O)CCO. The molecular weight excluding hydrogens is 182 g/mol. The fourth-order valence-electron chi connectivity index (χ4n) is 0.365. The van der Waals surface area contributed by atoms with Crippen molar-refractivity contribution < 1.29 is 18.1 Å². The molecule has 0 aromatic heterocycles. The maximum absolute atomic E-state index is 9.63. The second kappa shape index (κ2) is 8.92. The third-order valence-electron chi connectivity index (χ3n) is 0.849. The van der Waals surface area contributed by atoms with Crippen LogP contribution in [0.1, 0.15) is 13.8 Å². The highest BCUT2D eigenvalue weighted by molar-refractivity contribution is 7.85. The molecule has 0 aromatic carbocycles. The summed E-state index contributed by atoms with van der Waals surface area (Å²) in [5.41, 5.74) is 0. The highest BCUT2D eigenvalue weighted by atomic mass is 32.2. The Morgan fingerprint density at radius 1 is 1.25 bits per heavy atom. The molecule has 5 nitrogen and oxygen atoms in total. The van der Waals surface area contributed by atoms with Gasteiger partial charge in [0.25, 0.3) is 10.1 Å². The minimum atomic E-state index is -3.92. The standard InChI is InChI=1S/C4H11N.C2H6O4S/c1-3-5-4-2;3-1-2-7(4,5)6/h5H,3-4H2,1-2H3;3H,1-2H2,(H,4,5,6). The lowest BCUT2D eigenvalue weighted by Gasteiger charge is -1.86. The molecule has 0 aliphatic rings. The molecule has 0 saturated carbocycles. The van der Waals surface area contributed by atoms with E-state index in [0.29, 0.717) is 0 Å². The summed E-state index contributed by atoms with van der Waals surface area (Å²) in [6.07, 6.45) is 0. The molecule has 0 spiro atoms. The number of hydrogen-bond acceptors (Lipinski definition) is 4. The molecule has 0 unspecified atom stereocenters. The van der Waals surface area contributed by atoms with Crippen LogP contribution >= 0.6 is 0 Å². The van der Waals surface area contributed by atoms with Crippen LogP contribution in [0.5, 0.6) is 0 Å². The van der Waals surface area contributed by atoms with Gasteiger partial charge in [-0.1, -0.05) is 13.8 Å². The van der Waals surface area contributed by atoms with Gasteiger partial charge in [-0.15, -0.1) is 0 Å². The van der Waals surface area contributed by atoms with Gasteiger partial charge < -0.3 is 10.4 Å². The third-order valence-corrected chi connectivity index (χ3v) is 1.55. The van der Waals surface area contributed by atoms with Gasteiger partial charge in [0.1, 0.15) is 0 Å². The van der Waals surface area contributed by atoms with Gasteiger partial charge in [-0.05, 0) is 13.1 Å². The van der Waals surface area contributed by atoms with E-state index in [1.165, 1.54) is 0 Å². The Hall–Kier alpha value is -0.170. The first kappa shape index (κ1) is 14.4. The monoisotopic (exact) mass is 199 g/mol. The lowest BCUT2D eigenvalue weighted by molar-refractivity contribution is 0.315. The topological polar surface area (TPSA) is 86.6 Å². The van der Waals surface area contributed by atoms with Crippen molar-refractivity contribution in [2.75, 3.05) is 25.4 Å². The van der Waals surface area contributed by atoms with Crippen molar-refractivity contribution in [2.45, 2.75) is 13.8 Å². The fraction of sp³-hybridized carbons (Fsp3) is 1.00. The molecule has 0 aliphatic carbocycles. The van der Waals surface area contributed by atoms with Crippen molar-refractivity contribution in [2.24, 2.45) is 0 Å². The van der Waals surface area contributed by atoms with Crippen LogP contribution in [0.3, 0.4) is 0 Å². The van der Waals surface area contributed by atoms with Crippen molar-refractivity contribution >= 4 is 10.1 Å². The largest absolute Gasteiger partial charge is 0.395 e. The molecule has 3 N–H and O–H groups in total. The predicted octanol–water partition coefficient (Wildman–Crippen LogP) is -0.518. The molecule has 0 aromatic rings. The lowest BCUT2D eigenvalue weighted by Crippen LogP contribution is -2.09. The predicted molar refractivity (Wildman–Crippen MR) is 47.7 cm³/mol. The summed E-state index contributed by atoms with van der Waals surface area (Å²) in [4.78, 5) is 0. The van der Waals surface area contributed by atoms with E-state index >= 15 is 0 Å². The van der Waals surface area contributed by atoms with Crippen LogP contribution in [-0.2, 0) is 10.1 Å². The van der Waals surface area contributed by atoms with Crippen LogP contribution in [0, 0.1) is 0 Å². The van der Waals surface area contributed by atoms with E-state index < -0.39 is 22.5 Å². The molecule has 0 aliphatic heterocycles. The zero-order valence-corrected chi connectivity index (χ0v) is 8.26. The Kier molecular flexibility index (Phi) is 10.7. The van der Waals surface area contributed by atoms with Crippen molar-refractivity contribution in [3.63, 3.8) is 0 Å². The highest BCUT2D eigenvalue weighted by Crippen LogP contribution is 1.75. The number of aliphatic hydroxyl groups excluding tert-OH is 1. The minimum absolute atomic E-state index is 0.529. The summed E-state index contributed by atoms with van der Waals surface area (Å²) < 4.78 is 27.1. The molecule has 6 heteroatoms. The quantitative estimate of drug-likeness (QED) is 0.530. The average molecular weight is 199 g/mol. The molecule has 0 heterocycles. The van der Waals surface area contributed by atoms with Crippen LogP contribution in [0.15, 0.2) is 0 Å². The highest BCUT2D eigenvalue weighted by Gasteiger charge is 1.99. The normalized spacial score (nSPS) is 10.3. The van der Waals surface area contributed by atoms with Gasteiger partial charge in [-0.2, -0.15) is 8.42 Å². The van der Waals surface area contributed by atoms with Gasteiger partial charge in [0, 0.05) is 0 Å². The lowest BCUT2D eigenvalue weighted by atomic mass is 10.7. The maximum Gasteiger partial charge on any atom is 0.267 e. The third kappa shape index (κ3) is 22.5. The molecule has 0 atom stereocenters. The zero-order chi connectivity index (χ0) is 10.0. The Morgan fingerprint density at radius 3 is 1.67 bits per heavy atom. The van der Waals surface area contributed by atoms with Crippen LogP contribution in [0.2, 0.25) is 0 Å². The van der Waals surface area contributed by atoms with E-state index in [2.05, 4.69) is 19.2 Å². The minimum Gasteiger partial charge on any atom is -0.395 e. The van der Waals surface area contributed by atoms with Crippen LogP contribution in [0.4, 0.5) is 0 Å². The summed E-state index contributed by atoms with van der Waals surface area (Å²) in [5.74, 6) is -0.576. The molecule has 0 bridgehead atoms. The van der Waals surface area contributed by atoms with Gasteiger partial charge in [-0.3, -0.25) is 4.55 Å². The Morgan fingerprint density at radius 2 is 1.67 bits per heavy atom. The number of rotatable bonds is 4. The summed E-state index contributed by atoms with van der Waals surface area (Å²) >= 11 is 0. The van der Waals surface area contributed by atoms with Crippen molar-refractivity contribution in [3.05, 3.63) is 0 Å². The second-order valence-electron chi connectivity index (χ2n) is 1.97. The molecule has 76 valence electrons. The van der Waals surface area contributed by atoms with Crippen molar-refractivity contribution in [1.82, 2.24) is 5.32 Å². The Labute approximate surface area is 73.5 Å². The smallest absolute Gasteiger partial charge is 0.267 e. The van der Waals surface area contributed by atoms with Crippen LogP contribution in [-0.4, -0.2) is 43.5 Å². The molecular formula is C6H17NO4S. The summed E-state index contributed by atoms with van der Waals surface area (Å²) in [6, 6.07) is 0. The van der Waals surface area contributed by atoms with E-state index in [-0.39, 0.29) is 0 Å². The summed E-state index contributed by atoms with van der Waals surface area (Å²) in [5, 5.41) is 11.0. The molecule has 0 saturated heterocycles. The van der Waals surface area contributed by atoms with E-state index in [1.54, 1.807) is 0 Å². The van der Waals surface area contributed by atoms with E-state index in [0.717, 1.165) is 13.1 Å². The average Bonchev–Trinajstić information content (AvgIpc) is 1.87. The first-order valence-corrected chi connectivity index (χ1v) is 5.35. The fourth-order valence-corrected chi connectivity index (χ4v) is 0.596. The first-order valence-electron chi connectivity index (χ1n) is 3.74. The molecule has 0 radical (unpaired) electrons. The van der Waals surface area contributed by atoms with Crippen LogP contribution < -0.4 is 5.32 Å². The number of aliphatic hydroxyl groups is 1. The molecule has 12 heavy (non-hydrogen) atoms. The molecule has 0 fully saturated rings. The maximum atomic E-state index is 9.63. The molecule has 0 amide bonds.